The van der Waals surface area contributed by atoms with Gasteiger partial charge in [0.25, 0.3) is 5.91 Å². The number of aromatic nitrogens is 1. The zero-order chi connectivity index (χ0) is 19.5. The first-order valence-electron chi connectivity index (χ1n) is 9.46. The summed E-state index contributed by atoms with van der Waals surface area (Å²) in [6, 6.07) is 13.8. The monoisotopic (exact) mass is 393 g/mol. The van der Waals surface area contributed by atoms with Crippen LogP contribution in [0.2, 0.25) is 0 Å². The smallest absolute Gasteiger partial charge is 0.258 e. The van der Waals surface area contributed by atoms with Gasteiger partial charge in [-0.05, 0) is 42.7 Å². The molecule has 4 N–H and O–H groups in total. The van der Waals surface area contributed by atoms with Crippen LogP contribution in [0.15, 0.2) is 59.9 Å². The Hall–Kier alpha value is -2.93. The summed E-state index contributed by atoms with van der Waals surface area (Å²) < 4.78 is 0. The number of nitrogens with one attached hydrogen (secondary N) is 2. The van der Waals surface area contributed by atoms with Crippen molar-refractivity contribution in [3.63, 3.8) is 0 Å². The molecular formula is C21H23N5OS. The maximum absolute atomic E-state index is 13.2. The Balaban J connectivity index is 1.57. The Morgan fingerprint density at radius 2 is 2.04 bits per heavy atom. The molecule has 0 saturated heterocycles. The summed E-state index contributed by atoms with van der Waals surface area (Å²) in [7, 11) is 0. The van der Waals surface area contributed by atoms with Gasteiger partial charge < -0.3 is 21.3 Å². The van der Waals surface area contributed by atoms with Crippen molar-refractivity contribution in [2.75, 3.05) is 17.6 Å². The molecule has 4 rings (SSSR count). The van der Waals surface area contributed by atoms with Crippen LogP contribution >= 0.6 is 12.2 Å². The summed E-state index contributed by atoms with van der Waals surface area (Å²) >= 11 is 5.64. The number of nitrogen functional groups attached to an aromatic ring is 1. The molecule has 0 radical (unpaired) electrons. The van der Waals surface area contributed by atoms with Crippen LogP contribution in [0.25, 0.3) is 0 Å². The fourth-order valence-electron chi connectivity index (χ4n) is 3.41. The highest BCUT2D eigenvalue weighted by atomic mass is 32.1. The van der Waals surface area contributed by atoms with Crippen molar-refractivity contribution in [1.82, 2.24) is 15.2 Å². The number of pyridine rings is 1. The molecule has 1 fully saturated rings. The summed E-state index contributed by atoms with van der Waals surface area (Å²) in [5.74, 6) is 0.494. The van der Waals surface area contributed by atoms with Crippen LogP contribution < -0.4 is 16.4 Å². The summed E-state index contributed by atoms with van der Waals surface area (Å²) in [4.78, 5) is 19.6. The van der Waals surface area contributed by atoms with Gasteiger partial charge in [0, 0.05) is 43.1 Å². The minimum absolute atomic E-state index is 0.0129. The van der Waals surface area contributed by atoms with E-state index in [-0.39, 0.29) is 5.91 Å². The van der Waals surface area contributed by atoms with Crippen molar-refractivity contribution in [2.24, 2.45) is 0 Å². The molecule has 0 spiro atoms. The SMILES string of the molecule is Nc1cc(CNC2=C(C(=S)Nc3ccccc3)C(=O)N(C3CC3)CC2)ccn1. The van der Waals surface area contributed by atoms with E-state index >= 15 is 0 Å². The molecule has 0 bridgehead atoms. The summed E-state index contributed by atoms with van der Waals surface area (Å²) in [6.07, 6.45) is 4.60. The van der Waals surface area contributed by atoms with Gasteiger partial charge in [-0.15, -0.1) is 0 Å². The van der Waals surface area contributed by atoms with Gasteiger partial charge >= 0.3 is 0 Å². The first-order chi connectivity index (χ1) is 13.6. The van der Waals surface area contributed by atoms with E-state index in [2.05, 4.69) is 15.6 Å². The molecule has 1 aromatic carbocycles. The van der Waals surface area contributed by atoms with Crippen LogP contribution in [-0.2, 0) is 11.3 Å². The molecule has 0 unspecified atom stereocenters. The molecule has 1 aromatic heterocycles. The molecular weight excluding hydrogens is 370 g/mol. The van der Waals surface area contributed by atoms with Gasteiger partial charge in [-0.3, -0.25) is 4.79 Å². The lowest BCUT2D eigenvalue weighted by atomic mass is 10.0. The highest BCUT2D eigenvalue weighted by molar-refractivity contribution is 7.81. The van der Waals surface area contributed by atoms with Gasteiger partial charge in [0.1, 0.15) is 10.8 Å². The number of nitrogens with two attached hydrogens (primary N) is 1. The van der Waals surface area contributed by atoms with Gasteiger partial charge in [0.05, 0.1) is 5.57 Å². The molecule has 1 aliphatic heterocycles. The van der Waals surface area contributed by atoms with E-state index in [4.69, 9.17) is 18.0 Å². The number of hydrogen-bond acceptors (Lipinski definition) is 5. The van der Waals surface area contributed by atoms with Crippen molar-refractivity contribution in [2.45, 2.75) is 31.8 Å². The van der Waals surface area contributed by atoms with E-state index in [9.17, 15) is 4.79 Å². The van der Waals surface area contributed by atoms with Crippen LogP contribution in [-0.4, -0.2) is 33.4 Å². The minimum Gasteiger partial charge on any atom is -0.384 e. The van der Waals surface area contributed by atoms with E-state index in [1.807, 2.05) is 47.4 Å². The average molecular weight is 394 g/mol. The van der Waals surface area contributed by atoms with E-state index < -0.39 is 0 Å². The number of anilines is 2. The highest BCUT2D eigenvalue weighted by Gasteiger charge is 2.38. The molecule has 1 saturated carbocycles. The Bertz CT molecular complexity index is 923. The molecule has 1 amide bonds. The molecule has 2 heterocycles. The molecule has 1 aliphatic carbocycles. The molecule has 0 atom stereocenters. The van der Waals surface area contributed by atoms with Crippen LogP contribution in [0.4, 0.5) is 11.5 Å². The largest absolute Gasteiger partial charge is 0.384 e. The van der Waals surface area contributed by atoms with Gasteiger partial charge in [0.15, 0.2) is 0 Å². The predicted molar refractivity (Wildman–Crippen MR) is 115 cm³/mol. The number of para-hydroxylation sites is 1. The third kappa shape index (κ3) is 4.14. The summed E-state index contributed by atoms with van der Waals surface area (Å²) in [5.41, 5.74) is 9.10. The quantitative estimate of drug-likeness (QED) is 0.655. The maximum atomic E-state index is 13.2. The Morgan fingerprint density at radius 1 is 1.25 bits per heavy atom. The molecule has 7 heteroatoms. The first-order valence-corrected chi connectivity index (χ1v) is 9.87. The van der Waals surface area contributed by atoms with E-state index in [1.54, 1.807) is 6.20 Å². The van der Waals surface area contributed by atoms with Gasteiger partial charge in [-0.25, -0.2) is 4.98 Å². The zero-order valence-electron chi connectivity index (χ0n) is 15.5. The van der Waals surface area contributed by atoms with E-state index in [1.165, 1.54) is 0 Å². The number of rotatable bonds is 6. The predicted octanol–water partition coefficient (Wildman–Crippen LogP) is 2.84. The third-order valence-corrected chi connectivity index (χ3v) is 5.28. The molecule has 6 nitrogen and oxygen atoms in total. The van der Waals surface area contributed by atoms with Crippen LogP contribution in [0.1, 0.15) is 24.8 Å². The highest BCUT2D eigenvalue weighted by Crippen LogP contribution is 2.32. The standard InChI is InChI=1S/C21H23N5OS/c22-18-12-14(8-10-23-18)13-24-17-9-11-26(16-6-7-16)21(27)19(17)20(28)25-15-4-2-1-3-5-15/h1-5,8,10,12,16,24H,6-7,9,11,13H2,(H2,22,23)(H,25,28). The topological polar surface area (TPSA) is 83.3 Å². The number of nitrogens with zero attached hydrogens (tertiary/aromatic N) is 2. The second-order valence-electron chi connectivity index (χ2n) is 7.10. The fourth-order valence-corrected chi connectivity index (χ4v) is 3.73. The average Bonchev–Trinajstić information content (AvgIpc) is 3.52. The van der Waals surface area contributed by atoms with Crippen molar-refractivity contribution in [3.05, 3.63) is 65.5 Å². The maximum Gasteiger partial charge on any atom is 0.258 e. The van der Waals surface area contributed by atoms with Gasteiger partial charge in [0.2, 0.25) is 0 Å². The first kappa shape index (κ1) is 18.4. The van der Waals surface area contributed by atoms with Crippen molar-refractivity contribution in [1.29, 1.82) is 0 Å². The number of carbonyl (C=O) groups excluding carboxylic acids is 1. The lowest BCUT2D eigenvalue weighted by Crippen LogP contribution is -2.44. The summed E-state index contributed by atoms with van der Waals surface area (Å²) in [5, 5.41) is 6.63. The minimum atomic E-state index is 0.0129. The Labute approximate surface area is 169 Å². The summed E-state index contributed by atoms with van der Waals surface area (Å²) in [6.45, 7) is 1.29. The molecule has 2 aliphatic rings. The molecule has 2 aromatic rings. The number of thiocarbonyl (C=S) groups is 1. The zero-order valence-corrected chi connectivity index (χ0v) is 16.3. The lowest BCUT2D eigenvalue weighted by Gasteiger charge is -2.31. The lowest BCUT2D eigenvalue weighted by molar-refractivity contribution is -0.127. The Kier molecular flexibility index (Phi) is 5.25. The van der Waals surface area contributed by atoms with E-state index in [0.717, 1.165) is 42.8 Å². The van der Waals surface area contributed by atoms with Gasteiger partial charge in [-0.1, -0.05) is 30.4 Å². The third-order valence-electron chi connectivity index (χ3n) is 4.98. The van der Waals surface area contributed by atoms with Crippen LogP contribution in [0.5, 0.6) is 0 Å². The fraction of sp³-hybridized carbons (Fsp3) is 0.286. The number of benzene rings is 1. The number of hydrogen-bond donors (Lipinski definition) is 3. The second-order valence-corrected chi connectivity index (χ2v) is 7.50. The number of amides is 1. The molecule has 144 valence electrons. The normalized spacial score (nSPS) is 16.9. The van der Waals surface area contributed by atoms with E-state index in [0.29, 0.717) is 29.0 Å². The van der Waals surface area contributed by atoms with Crippen molar-refractivity contribution >= 4 is 34.6 Å². The molecule has 28 heavy (non-hydrogen) atoms. The second kappa shape index (κ2) is 7.98. The van der Waals surface area contributed by atoms with Crippen molar-refractivity contribution in [3.8, 4) is 0 Å². The van der Waals surface area contributed by atoms with Crippen LogP contribution in [0, 0.1) is 0 Å². The van der Waals surface area contributed by atoms with Crippen LogP contribution in [0.3, 0.4) is 0 Å². The number of carbonyl (C=O) groups is 1. The Morgan fingerprint density at radius 3 is 2.75 bits per heavy atom. The van der Waals surface area contributed by atoms with Gasteiger partial charge in [-0.2, -0.15) is 0 Å². The van der Waals surface area contributed by atoms with Crippen molar-refractivity contribution < 1.29 is 4.79 Å².